The number of fused-ring (bicyclic) bond motifs is 1. The molecule has 2 heterocycles. The number of nitrogens with zero attached hydrogens (tertiary/aromatic N) is 1. The summed E-state index contributed by atoms with van der Waals surface area (Å²) in [5.41, 5.74) is 12.4. The summed E-state index contributed by atoms with van der Waals surface area (Å²) in [4.78, 5) is 13.6. The first-order valence-electron chi connectivity index (χ1n) is 5.85. The lowest BCUT2D eigenvalue weighted by Gasteiger charge is -2.32. The lowest BCUT2D eigenvalue weighted by molar-refractivity contribution is 0.0239. The van der Waals surface area contributed by atoms with E-state index in [1.54, 1.807) is 4.90 Å². The molecule has 2 rings (SSSR count). The molecule has 17 heavy (non-hydrogen) atoms. The van der Waals surface area contributed by atoms with E-state index < -0.39 is 5.60 Å². The predicted molar refractivity (Wildman–Crippen MR) is 63.7 cm³/mol. The summed E-state index contributed by atoms with van der Waals surface area (Å²) >= 11 is 0. The van der Waals surface area contributed by atoms with E-state index in [9.17, 15) is 4.79 Å². The van der Waals surface area contributed by atoms with Gasteiger partial charge in [-0.1, -0.05) is 0 Å². The van der Waals surface area contributed by atoms with Crippen LogP contribution in [0.25, 0.3) is 0 Å². The van der Waals surface area contributed by atoms with Crippen molar-refractivity contribution in [3.05, 3.63) is 11.4 Å². The van der Waals surface area contributed by atoms with Crippen LogP contribution in [0, 0.1) is 0 Å². The van der Waals surface area contributed by atoms with Gasteiger partial charge in [-0.05, 0) is 27.2 Å². The monoisotopic (exact) mass is 240 g/mol. The normalized spacial score (nSPS) is 24.4. The van der Waals surface area contributed by atoms with Crippen molar-refractivity contribution in [3.8, 4) is 0 Å². The highest BCUT2D eigenvalue weighted by Crippen LogP contribution is 2.22. The third-order valence-corrected chi connectivity index (χ3v) is 2.85. The SMILES string of the molecule is CC(C)(C)OC(=O)N1CCC2NNC(N)=C2C1. The van der Waals surface area contributed by atoms with Gasteiger partial charge in [0.2, 0.25) is 0 Å². The van der Waals surface area contributed by atoms with Crippen molar-refractivity contribution in [2.45, 2.75) is 38.8 Å². The lowest BCUT2D eigenvalue weighted by Crippen LogP contribution is -2.46. The highest BCUT2D eigenvalue weighted by atomic mass is 16.6. The van der Waals surface area contributed by atoms with Crippen molar-refractivity contribution in [2.75, 3.05) is 13.1 Å². The van der Waals surface area contributed by atoms with E-state index in [2.05, 4.69) is 10.9 Å². The largest absolute Gasteiger partial charge is 0.444 e. The smallest absolute Gasteiger partial charge is 0.410 e. The van der Waals surface area contributed by atoms with Crippen LogP contribution in [-0.2, 0) is 4.74 Å². The molecular formula is C11H20N4O2. The van der Waals surface area contributed by atoms with Crippen molar-refractivity contribution in [1.29, 1.82) is 0 Å². The van der Waals surface area contributed by atoms with Gasteiger partial charge in [0.05, 0.1) is 12.6 Å². The molecule has 1 atom stereocenters. The first-order chi connectivity index (χ1) is 7.87. The van der Waals surface area contributed by atoms with Gasteiger partial charge in [-0.15, -0.1) is 0 Å². The molecule has 1 amide bonds. The molecule has 4 N–H and O–H groups in total. The van der Waals surface area contributed by atoms with Crippen LogP contribution in [0.4, 0.5) is 4.79 Å². The zero-order chi connectivity index (χ0) is 12.6. The fraction of sp³-hybridized carbons (Fsp3) is 0.727. The van der Waals surface area contributed by atoms with Gasteiger partial charge in [0.15, 0.2) is 0 Å². The molecule has 1 fully saturated rings. The first kappa shape index (κ1) is 12.0. The Bertz CT molecular complexity index is 359. The molecule has 2 aliphatic heterocycles. The minimum atomic E-state index is -0.458. The summed E-state index contributed by atoms with van der Waals surface area (Å²) in [6, 6.07) is 0.244. The number of nitrogens with one attached hydrogen (secondary N) is 2. The Kier molecular flexibility index (Phi) is 2.91. The number of hydrogen-bond donors (Lipinski definition) is 3. The summed E-state index contributed by atoms with van der Waals surface area (Å²) < 4.78 is 5.34. The molecule has 2 aliphatic rings. The van der Waals surface area contributed by atoms with Crippen LogP contribution < -0.4 is 16.6 Å². The summed E-state index contributed by atoms with van der Waals surface area (Å²) in [7, 11) is 0. The van der Waals surface area contributed by atoms with Crippen LogP contribution in [0.2, 0.25) is 0 Å². The molecule has 0 saturated carbocycles. The lowest BCUT2D eigenvalue weighted by atomic mass is 10.0. The predicted octanol–water partition coefficient (Wildman–Crippen LogP) is 0.274. The maximum atomic E-state index is 11.9. The van der Waals surface area contributed by atoms with E-state index in [-0.39, 0.29) is 12.1 Å². The molecular weight excluding hydrogens is 220 g/mol. The molecule has 6 nitrogen and oxygen atoms in total. The zero-order valence-electron chi connectivity index (χ0n) is 10.5. The second-order valence-electron chi connectivity index (χ2n) is 5.45. The molecule has 0 bridgehead atoms. The van der Waals surface area contributed by atoms with Crippen molar-refractivity contribution in [3.63, 3.8) is 0 Å². The van der Waals surface area contributed by atoms with E-state index >= 15 is 0 Å². The standard InChI is InChI=1S/C11H20N4O2/c1-11(2,3)17-10(16)15-5-4-8-7(6-15)9(12)14-13-8/h8,13-14H,4-6,12H2,1-3H3. The second kappa shape index (κ2) is 4.10. The summed E-state index contributed by atoms with van der Waals surface area (Å²) in [5, 5.41) is 0. The molecule has 0 spiro atoms. The number of rotatable bonds is 0. The van der Waals surface area contributed by atoms with E-state index in [1.807, 2.05) is 20.8 Å². The van der Waals surface area contributed by atoms with Gasteiger partial charge in [0, 0.05) is 12.1 Å². The fourth-order valence-electron chi connectivity index (χ4n) is 2.01. The van der Waals surface area contributed by atoms with Gasteiger partial charge in [0.1, 0.15) is 11.4 Å². The number of ether oxygens (including phenoxy) is 1. The van der Waals surface area contributed by atoms with Crippen LogP contribution in [0.1, 0.15) is 27.2 Å². The number of carbonyl (C=O) groups excluding carboxylic acids is 1. The quantitative estimate of drug-likeness (QED) is 0.566. The minimum absolute atomic E-state index is 0.244. The molecule has 0 aromatic carbocycles. The Labute approximate surface area is 101 Å². The maximum Gasteiger partial charge on any atom is 0.410 e. The van der Waals surface area contributed by atoms with Crippen molar-refractivity contribution in [1.82, 2.24) is 15.8 Å². The van der Waals surface area contributed by atoms with E-state index in [4.69, 9.17) is 10.5 Å². The Balaban J connectivity index is 2.00. The Hall–Kier alpha value is -1.43. The highest BCUT2D eigenvalue weighted by Gasteiger charge is 2.33. The number of likely N-dealkylation sites (tertiary alicyclic amines) is 1. The van der Waals surface area contributed by atoms with Crippen LogP contribution >= 0.6 is 0 Å². The van der Waals surface area contributed by atoms with Crippen LogP contribution in [0.5, 0.6) is 0 Å². The Morgan fingerprint density at radius 1 is 1.53 bits per heavy atom. The molecule has 96 valence electrons. The van der Waals surface area contributed by atoms with E-state index in [1.165, 1.54) is 0 Å². The molecule has 6 heteroatoms. The molecule has 0 aliphatic carbocycles. The third-order valence-electron chi connectivity index (χ3n) is 2.85. The van der Waals surface area contributed by atoms with Crippen LogP contribution in [0.15, 0.2) is 11.4 Å². The van der Waals surface area contributed by atoms with E-state index in [0.717, 1.165) is 12.0 Å². The van der Waals surface area contributed by atoms with Gasteiger partial charge in [-0.25, -0.2) is 10.2 Å². The van der Waals surface area contributed by atoms with Gasteiger partial charge in [-0.2, -0.15) is 0 Å². The summed E-state index contributed by atoms with van der Waals surface area (Å²) in [6.07, 6.45) is 0.575. The van der Waals surface area contributed by atoms with E-state index in [0.29, 0.717) is 18.9 Å². The average molecular weight is 240 g/mol. The van der Waals surface area contributed by atoms with Crippen LogP contribution in [0.3, 0.4) is 0 Å². The van der Waals surface area contributed by atoms with Crippen molar-refractivity contribution < 1.29 is 9.53 Å². The Morgan fingerprint density at radius 3 is 2.88 bits per heavy atom. The molecule has 0 radical (unpaired) electrons. The second-order valence-corrected chi connectivity index (χ2v) is 5.45. The highest BCUT2D eigenvalue weighted by molar-refractivity contribution is 5.69. The van der Waals surface area contributed by atoms with Crippen LogP contribution in [-0.4, -0.2) is 35.7 Å². The van der Waals surface area contributed by atoms with Crippen molar-refractivity contribution >= 4 is 6.09 Å². The fourth-order valence-corrected chi connectivity index (χ4v) is 2.01. The Morgan fingerprint density at radius 2 is 2.24 bits per heavy atom. The minimum Gasteiger partial charge on any atom is -0.444 e. The first-order valence-corrected chi connectivity index (χ1v) is 5.85. The average Bonchev–Trinajstić information content (AvgIpc) is 2.57. The topological polar surface area (TPSA) is 79.6 Å². The summed E-state index contributed by atoms with van der Waals surface area (Å²) in [5.74, 6) is 0.628. The number of hydrogen-bond acceptors (Lipinski definition) is 5. The number of nitrogens with two attached hydrogens (primary N) is 1. The molecule has 0 aromatic heterocycles. The molecule has 1 saturated heterocycles. The number of carbonyl (C=O) groups is 1. The number of hydrazine groups is 1. The maximum absolute atomic E-state index is 11.9. The third kappa shape index (κ3) is 2.63. The van der Waals surface area contributed by atoms with Gasteiger partial charge >= 0.3 is 6.09 Å². The van der Waals surface area contributed by atoms with Gasteiger partial charge in [0.25, 0.3) is 0 Å². The van der Waals surface area contributed by atoms with Crippen molar-refractivity contribution in [2.24, 2.45) is 5.73 Å². The molecule has 0 aromatic rings. The number of piperidine rings is 1. The zero-order valence-corrected chi connectivity index (χ0v) is 10.5. The number of amides is 1. The molecule has 1 unspecified atom stereocenters. The van der Waals surface area contributed by atoms with Gasteiger partial charge < -0.3 is 20.8 Å². The van der Waals surface area contributed by atoms with Gasteiger partial charge in [-0.3, -0.25) is 0 Å². The summed E-state index contributed by atoms with van der Waals surface area (Å²) in [6.45, 7) is 6.81.